The molecule has 3 aromatic carbocycles. The van der Waals surface area contributed by atoms with E-state index in [0.717, 1.165) is 0 Å². The van der Waals surface area contributed by atoms with Crippen LogP contribution in [0.1, 0.15) is 16.7 Å². The highest BCUT2D eigenvalue weighted by Crippen LogP contribution is 2.57. The lowest BCUT2D eigenvalue weighted by Gasteiger charge is -2.34. The third-order valence-electron chi connectivity index (χ3n) is 6.48. The number of para-hydroxylation sites is 3. The second-order valence-corrected chi connectivity index (χ2v) is 8.15. The molecule has 7 nitrogen and oxygen atoms in total. The van der Waals surface area contributed by atoms with Crippen LogP contribution < -0.4 is 21.3 Å². The van der Waals surface area contributed by atoms with E-state index in [2.05, 4.69) is 5.32 Å². The van der Waals surface area contributed by atoms with Gasteiger partial charge in [-0.3, -0.25) is 4.79 Å². The van der Waals surface area contributed by atoms with Crippen LogP contribution in [0.5, 0.6) is 11.5 Å². The number of anilines is 1. The van der Waals surface area contributed by atoms with E-state index in [1.54, 1.807) is 48.5 Å². The number of benzene rings is 3. The van der Waals surface area contributed by atoms with Gasteiger partial charge in [0.05, 0.1) is 16.5 Å². The summed E-state index contributed by atoms with van der Waals surface area (Å²) in [5.74, 6) is -1.33. The Morgan fingerprint density at radius 2 is 1.26 bits per heavy atom. The van der Waals surface area contributed by atoms with Crippen molar-refractivity contribution in [2.45, 2.75) is 5.41 Å². The molecule has 5 aromatic rings. The lowest BCUT2D eigenvalue weighted by molar-refractivity contribution is -0.118. The van der Waals surface area contributed by atoms with E-state index in [0.29, 0.717) is 10.8 Å². The summed E-state index contributed by atoms with van der Waals surface area (Å²) in [6.45, 7) is 0. The number of amides is 1. The topological polar surface area (TPSA) is 98.8 Å². The Labute approximate surface area is 189 Å². The van der Waals surface area contributed by atoms with Crippen LogP contribution in [0.2, 0.25) is 0 Å². The summed E-state index contributed by atoms with van der Waals surface area (Å²) in [6.07, 6.45) is 0. The fraction of sp³-hybridized carbons (Fsp3) is 0.0385. The van der Waals surface area contributed by atoms with Crippen molar-refractivity contribution >= 4 is 33.5 Å². The molecule has 34 heavy (non-hydrogen) atoms. The van der Waals surface area contributed by atoms with E-state index in [-0.39, 0.29) is 45.0 Å². The molecular formula is C26H12FNO6. The normalized spacial score (nSPS) is 15.0. The molecule has 0 saturated heterocycles. The summed E-state index contributed by atoms with van der Waals surface area (Å²) < 4.78 is 32.1. The molecular weight excluding hydrogens is 441 g/mol. The molecule has 4 heterocycles. The molecule has 1 spiro atoms. The minimum absolute atomic E-state index is 0.0716. The van der Waals surface area contributed by atoms with Crippen molar-refractivity contribution in [1.29, 1.82) is 0 Å². The fourth-order valence-corrected chi connectivity index (χ4v) is 5.12. The van der Waals surface area contributed by atoms with Crippen LogP contribution in [0, 0.1) is 5.82 Å². The molecule has 0 fully saturated rings. The van der Waals surface area contributed by atoms with Gasteiger partial charge < -0.3 is 18.9 Å². The van der Waals surface area contributed by atoms with Crippen LogP contribution in [-0.2, 0) is 10.2 Å². The molecule has 8 heteroatoms. The number of nitrogens with one attached hydrogen (secondary N) is 1. The molecule has 0 unspecified atom stereocenters. The molecule has 0 aliphatic carbocycles. The lowest BCUT2D eigenvalue weighted by atomic mass is 9.69. The number of carbonyl (C=O) groups excluding carboxylic acids is 1. The summed E-state index contributed by atoms with van der Waals surface area (Å²) >= 11 is 0. The maximum Gasteiger partial charge on any atom is 0.345 e. The van der Waals surface area contributed by atoms with Crippen LogP contribution in [0.4, 0.5) is 10.1 Å². The number of carbonyl (C=O) groups is 1. The standard InChI is InChI=1S/C26H12FNO6/c27-15-9-5-8-14-20(15)28-25(31)26(14)18-21(12-6-1-3-10-16(12)32-23(18)29)34-22-13-7-2-4-11-17(13)33-24(30)19(22)26/h1-11H,(H,28,31). The Bertz CT molecular complexity index is 1750. The zero-order valence-electron chi connectivity index (χ0n) is 17.2. The first-order valence-electron chi connectivity index (χ1n) is 10.4. The first-order chi connectivity index (χ1) is 16.5. The average Bonchev–Trinajstić information content (AvgIpc) is 3.12. The van der Waals surface area contributed by atoms with Crippen LogP contribution in [0.15, 0.2) is 85.2 Å². The largest absolute Gasteiger partial charge is 0.455 e. The average molecular weight is 453 g/mol. The van der Waals surface area contributed by atoms with Gasteiger partial charge in [-0.1, -0.05) is 36.4 Å². The van der Waals surface area contributed by atoms with Gasteiger partial charge >= 0.3 is 11.3 Å². The molecule has 2 aliphatic heterocycles. The maximum absolute atomic E-state index is 14.8. The Balaban J connectivity index is 1.78. The van der Waals surface area contributed by atoms with Gasteiger partial charge in [0.1, 0.15) is 33.5 Å². The Kier molecular flexibility index (Phi) is 3.43. The Morgan fingerprint density at radius 1 is 0.706 bits per heavy atom. The molecule has 164 valence electrons. The van der Waals surface area contributed by atoms with Crippen molar-refractivity contribution in [2.75, 3.05) is 5.32 Å². The van der Waals surface area contributed by atoms with Gasteiger partial charge in [0.15, 0.2) is 11.5 Å². The Morgan fingerprint density at radius 3 is 1.85 bits per heavy atom. The van der Waals surface area contributed by atoms with E-state index < -0.39 is 28.4 Å². The van der Waals surface area contributed by atoms with Crippen LogP contribution in [0.3, 0.4) is 0 Å². The van der Waals surface area contributed by atoms with Gasteiger partial charge in [-0.15, -0.1) is 0 Å². The molecule has 0 radical (unpaired) electrons. The van der Waals surface area contributed by atoms with E-state index in [1.165, 1.54) is 18.2 Å². The fourth-order valence-electron chi connectivity index (χ4n) is 5.12. The predicted molar refractivity (Wildman–Crippen MR) is 120 cm³/mol. The smallest absolute Gasteiger partial charge is 0.345 e. The van der Waals surface area contributed by atoms with E-state index in [1.807, 2.05) is 0 Å². The SMILES string of the molecule is O=C1Nc2c(F)cccc2C12c1c(c3ccccc3oc1=O)Oc1c2c(=O)oc2ccccc12. The van der Waals surface area contributed by atoms with E-state index in [9.17, 15) is 18.8 Å². The molecule has 1 N–H and O–H groups in total. The minimum atomic E-state index is -2.03. The highest BCUT2D eigenvalue weighted by atomic mass is 19.1. The highest BCUT2D eigenvalue weighted by molar-refractivity contribution is 6.14. The minimum Gasteiger partial charge on any atom is -0.455 e. The maximum atomic E-state index is 14.8. The first-order valence-corrected chi connectivity index (χ1v) is 10.4. The summed E-state index contributed by atoms with van der Waals surface area (Å²) in [4.78, 5) is 40.6. The second kappa shape index (κ2) is 6.20. The number of halogens is 1. The molecule has 7 rings (SSSR count). The van der Waals surface area contributed by atoms with Crippen molar-refractivity contribution in [3.05, 3.63) is 110 Å². The third kappa shape index (κ3) is 2.08. The van der Waals surface area contributed by atoms with Gasteiger partial charge in [0.2, 0.25) is 5.91 Å². The number of hydrogen-bond acceptors (Lipinski definition) is 6. The number of hydrogen-bond donors (Lipinski definition) is 1. The summed E-state index contributed by atoms with van der Waals surface area (Å²) in [6, 6.07) is 17.5. The van der Waals surface area contributed by atoms with Gasteiger partial charge in [0.25, 0.3) is 0 Å². The summed E-state index contributed by atoms with van der Waals surface area (Å²) in [7, 11) is 0. The van der Waals surface area contributed by atoms with Crippen LogP contribution >= 0.6 is 0 Å². The molecule has 1 amide bonds. The second-order valence-electron chi connectivity index (χ2n) is 8.15. The molecule has 2 aromatic heterocycles. The van der Waals surface area contributed by atoms with Crippen molar-refractivity contribution in [3.63, 3.8) is 0 Å². The zero-order chi connectivity index (χ0) is 23.2. The molecule has 2 aliphatic rings. The quantitative estimate of drug-likeness (QED) is 0.348. The number of fused-ring (bicyclic) bond motifs is 10. The predicted octanol–water partition coefficient (Wildman–Crippen LogP) is 4.43. The summed E-state index contributed by atoms with van der Waals surface area (Å²) in [5, 5.41) is 3.38. The Hall–Kier alpha value is -4.72. The van der Waals surface area contributed by atoms with Gasteiger partial charge in [-0.2, -0.15) is 0 Å². The lowest BCUT2D eigenvalue weighted by Crippen LogP contribution is -2.46. The number of rotatable bonds is 0. The first kappa shape index (κ1) is 18.8. The van der Waals surface area contributed by atoms with Gasteiger partial charge in [0, 0.05) is 5.56 Å². The van der Waals surface area contributed by atoms with E-state index in [4.69, 9.17) is 13.6 Å². The number of ether oxygens (including phenoxy) is 1. The summed E-state index contributed by atoms with van der Waals surface area (Å²) in [5.41, 5.74) is -3.72. The molecule has 0 saturated carbocycles. The monoisotopic (exact) mass is 453 g/mol. The van der Waals surface area contributed by atoms with Crippen LogP contribution in [-0.4, -0.2) is 5.91 Å². The highest BCUT2D eigenvalue weighted by Gasteiger charge is 2.60. The molecule has 0 atom stereocenters. The van der Waals surface area contributed by atoms with Gasteiger partial charge in [-0.25, -0.2) is 14.0 Å². The van der Waals surface area contributed by atoms with Gasteiger partial charge in [-0.05, 0) is 30.3 Å². The van der Waals surface area contributed by atoms with Crippen molar-refractivity contribution in [2.24, 2.45) is 0 Å². The van der Waals surface area contributed by atoms with E-state index >= 15 is 0 Å². The molecule has 0 bridgehead atoms. The van der Waals surface area contributed by atoms with Crippen molar-refractivity contribution in [1.82, 2.24) is 0 Å². The van der Waals surface area contributed by atoms with Crippen LogP contribution in [0.25, 0.3) is 21.9 Å². The zero-order valence-corrected chi connectivity index (χ0v) is 17.2. The van der Waals surface area contributed by atoms with Crippen molar-refractivity contribution in [3.8, 4) is 11.5 Å². The third-order valence-corrected chi connectivity index (χ3v) is 6.48. The van der Waals surface area contributed by atoms with Crippen molar-refractivity contribution < 1.29 is 22.8 Å².